The third kappa shape index (κ3) is 5.31. The number of rotatable bonds is 9. The van der Waals surface area contributed by atoms with E-state index in [9.17, 15) is 13.2 Å². The van der Waals surface area contributed by atoms with Crippen LogP contribution < -0.4 is 19.8 Å². The number of benzene rings is 3. The van der Waals surface area contributed by atoms with E-state index in [4.69, 9.17) is 14.2 Å². The Morgan fingerprint density at radius 1 is 0.743 bits per heavy atom. The van der Waals surface area contributed by atoms with Crippen molar-refractivity contribution in [3.63, 3.8) is 0 Å². The minimum Gasteiger partial charge on any atom is -0.497 e. The molecule has 4 rings (SSSR count). The highest BCUT2D eigenvalue weighted by Gasteiger charge is 2.26. The van der Waals surface area contributed by atoms with Crippen LogP contribution in [0.2, 0.25) is 0 Å². The third-order valence-corrected chi connectivity index (χ3v) is 7.50. The largest absolute Gasteiger partial charge is 0.497 e. The first-order valence-corrected chi connectivity index (χ1v) is 12.2. The highest BCUT2D eigenvalue weighted by Crippen LogP contribution is 2.25. The van der Waals surface area contributed by atoms with Crippen LogP contribution >= 0.6 is 0 Å². The minimum atomic E-state index is -3.95. The van der Waals surface area contributed by atoms with E-state index in [1.54, 1.807) is 74.9 Å². The molecule has 182 valence electrons. The molecule has 0 fully saturated rings. The summed E-state index contributed by atoms with van der Waals surface area (Å²) in [4.78, 5) is 15.8. The first-order chi connectivity index (χ1) is 16.8. The molecule has 0 bridgehead atoms. The Hall–Kier alpha value is -3.82. The summed E-state index contributed by atoms with van der Waals surface area (Å²) < 4.78 is 44.3. The van der Waals surface area contributed by atoms with Gasteiger partial charge in [0.2, 0.25) is 10.0 Å². The second kappa shape index (κ2) is 10.2. The summed E-state index contributed by atoms with van der Waals surface area (Å²) in [6, 6.07) is 20.3. The molecular weight excluding hydrogens is 468 g/mol. The normalized spacial score (nSPS) is 11.5. The van der Waals surface area contributed by atoms with Gasteiger partial charge >= 0.3 is 0 Å². The van der Waals surface area contributed by atoms with Crippen LogP contribution in [0.4, 0.5) is 0 Å². The van der Waals surface area contributed by atoms with Gasteiger partial charge in [0.1, 0.15) is 17.2 Å². The predicted octanol–water partition coefficient (Wildman–Crippen LogP) is 3.95. The van der Waals surface area contributed by atoms with Crippen LogP contribution in [0.1, 0.15) is 11.1 Å². The van der Waals surface area contributed by atoms with Gasteiger partial charge in [0.05, 0.1) is 26.2 Å². The number of ether oxygens (including phenoxy) is 3. The fraction of sp³-hybridized carbons (Fsp3) is 0.192. The highest BCUT2D eigenvalue weighted by molar-refractivity contribution is 7.89. The van der Waals surface area contributed by atoms with Crippen molar-refractivity contribution in [2.75, 3.05) is 21.3 Å². The molecule has 0 saturated carbocycles. The van der Waals surface area contributed by atoms with Crippen LogP contribution in [-0.4, -0.2) is 39.0 Å². The molecule has 1 aromatic heterocycles. The Morgan fingerprint density at radius 3 is 1.91 bits per heavy atom. The van der Waals surface area contributed by atoms with Gasteiger partial charge in [0, 0.05) is 29.6 Å². The van der Waals surface area contributed by atoms with Gasteiger partial charge in [-0.15, -0.1) is 0 Å². The molecule has 0 aliphatic rings. The fourth-order valence-electron chi connectivity index (χ4n) is 3.72. The molecule has 35 heavy (non-hydrogen) atoms. The van der Waals surface area contributed by atoms with Gasteiger partial charge in [0.15, 0.2) is 0 Å². The molecule has 1 N–H and O–H groups in total. The Labute approximate surface area is 203 Å². The van der Waals surface area contributed by atoms with Crippen molar-refractivity contribution in [2.24, 2.45) is 0 Å². The molecule has 0 aliphatic heterocycles. The quantitative estimate of drug-likeness (QED) is 0.378. The predicted molar refractivity (Wildman–Crippen MR) is 134 cm³/mol. The van der Waals surface area contributed by atoms with E-state index in [0.717, 1.165) is 10.9 Å². The van der Waals surface area contributed by atoms with Crippen molar-refractivity contribution >= 4 is 20.9 Å². The van der Waals surface area contributed by atoms with E-state index in [1.807, 2.05) is 0 Å². The van der Waals surface area contributed by atoms with E-state index in [0.29, 0.717) is 28.3 Å². The van der Waals surface area contributed by atoms with Crippen LogP contribution in [0.25, 0.3) is 10.9 Å². The first kappa shape index (κ1) is 24.3. The maximum absolute atomic E-state index is 13.7. The average molecular weight is 495 g/mol. The first-order valence-electron chi connectivity index (χ1n) is 10.8. The van der Waals surface area contributed by atoms with Gasteiger partial charge in [-0.2, -0.15) is 4.31 Å². The molecule has 0 unspecified atom stereocenters. The van der Waals surface area contributed by atoms with E-state index < -0.39 is 10.0 Å². The molecule has 8 nitrogen and oxygen atoms in total. The molecule has 0 aliphatic carbocycles. The SMILES string of the molecule is COc1ccc(CN(Cc2cc3cc(OC)ccc3[nH]c2=O)S(=O)(=O)c2ccc(OC)cc2)cc1. The monoisotopic (exact) mass is 494 g/mol. The number of H-pyrrole nitrogens is 1. The standard InChI is InChI=1S/C26H26N2O6S/c1-32-21-6-4-18(5-7-21)16-28(35(30,31)24-11-8-22(33-2)9-12-24)17-20-14-19-15-23(34-3)10-13-25(19)27-26(20)29/h4-15H,16-17H2,1-3H3,(H,27,29). The molecule has 0 saturated heterocycles. The number of aromatic nitrogens is 1. The summed E-state index contributed by atoms with van der Waals surface area (Å²) >= 11 is 0. The Morgan fingerprint density at radius 2 is 1.31 bits per heavy atom. The lowest BCUT2D eigenvalue weighted by atomic mass is 10.1. The Balaban J connectivity index is 1.75. The summed E-state index contributed by atoms with van der Waals surface area (Å²) in [6.45, 7) is -0.0587. The zero-order valence-corrected chi connectivity index (χ0v) is 20.5. The van der Waals surface area contributed by atoms with Gasteiger partial charge in [-0.05, 0) is 66.2 Å². The van der Waals surface area contributed by atoms with Gasteiger partial charge in [-0.1, -0.05) is 12.1 Å². The van der Waals surface area contributed by atoms with E-state index in [-0.39, 0.29) is 23.5 Å². The highest BCUT2D eigenvalue weighted by atomic mass is 32.2. The average Bonchev–Trinajstić information content (AvgIpc) is 2.88. The Kier molecular flexibility index (Phi) is 7.09. The van der Waals surface area contributed by atoms with Crippen LogP contribution in [0.3, 0.4) is 0 Å². The number of hydrogen-bond donors (Lipinski definition) is 1. The zero-order valence-electron chi connectivity index (χ0n) is 19.6. The third-order valence-electron chi connectivity index (χ3n) is 5.69. The van der Waals surface area contributed by atoms with E-state index >= 15 is 0 Å². The number of nitrogens with one attached hydrogen (secondary N) is 1. The Bertz CT molecular complexity index is 1480. The number of sulfonamides is 1. The maximum atomic E-state index is 13.7. The number of methoxy groups -OCH3 is 3. The molecule has 4 aromatic rings. The summed E-state index contributed by atoms with van der Waals surface area (Å²) in [5, 5.41) is 0.741. The lowest BCUT2D eigenvalue weighted by Gasteiger charge is -2.23. The van der Waals surface area contributed by atoms with Crippen LogP contribution in [0.5, 0.6) is 17.2 Å². The van der Waals surface area contributed by atoms with Crippen LogP contribution in [0, 0.1) is 0 Å². The summed E-state index contributed by atoms with van der Waals surface area (Å²) in [5.74, 6) is 1.85. The van der Waals surface area contributed by atoms with Crippen molar-refractivity contribution in [2.45, 2.75) is 18.0 Å². The molecule has 0 atom stereocenters. The number of nitrogens with zero attached hydrogens (tertiary/aromatic N) is 1. The number of aromatic amines is 1. The second-order valence-corrected chi connectivity index (χ2v) is 9.81. The number of fused-ring (bicyclic) bond motifs is 1. The van der Waals surface area contributed by atoms with Crippen molar-refractivity contribution in [1.29, 1.82) is 0 Å². The molecule has 0 spiro atoms. The van der Waals surface area contributed by atoms with Crippen molar-refractivity contribution in [3.05, 3.63) is 94.3 Å². The smallest absolute Gasteiger partial charge is 0.252 e. The molecule has 1 heterocycles. The zero-order chi connectivity index (χ0) is 25.0. The number of pyridine rings is 1. The van der Waals surface area contributed by atoms with Crippen molar-refractivity contribution in [3.8, 4) is 17.2 Å². The lowest BCUT2D eigenvalue weighted by molar-refractivity contribution is 0.397. The van der Waals surface area contributed by atoms with Crippen LogP contribution in [0.15, 0.2) is 82.5 Å². The molecule has 9 heteroatoms. The van der Waals surface area contributed by atoms with Gasteiger partial charge in [-0.3, -0.25) is 4.79 Å². The van der Waals surface area contributed by atoms with Crippen molar-refractivity contribution in [1.82, 2.24) is 9.29 Å². The second-order valence-electron chi connectivity index (χ2n) is 7.87. The van der Waals surface area contributed by atoms with E-state index in [1.165, 1.54) is 23.5 Å². The van der Waals surface area contributed by atoms with Crippen LogP contribution in [-0.2, 0) is 23.1 Å². The van der Waals surface area contributed by atoms with Gasteiger partial charge < -0.3 is 19.2 Å². The summed E-state index contributed by atoms with van der Waals surface area (Å²) in [5.41, 5.74) is 1.35. The molecule has 0 radical (unpaired) electrons. The summed E-state index contributed by atoms with van der Waals surface area (Å²) in [7, 11) is 0.690. The van der Waals surface area contributed by atoms with Gasteiger partial charge in [-0.25, -0.2) is 8.42 Å². The molecule has 0 amide bonds. The molecular formula is C26H26N2O6S. The van der Waals surface area contributed by atoms with E-state index in [2.05, 4.69) is 4.98 Å². The fourth-order valence-corrected chi connectivity index (χ4v) is 5.13. The topological polar surface area (TPSA) is 97.9 Å². The van der Waals surface area contributed by atoms with Gasteiger partial charge in [0.25, 0.3) is 5.56 Å². The van der Waals surface area contributed by atoms with Crippen molar-refractivity contribution < 1.29 is 22.6 Å². The lowest BCUT2D eigenvalue weighted by Crippen LogP contribution is -2.32. The summed E-state index contributed by atoms with van der Waals surface area (Å²) in [6.07, 6.45) is 0. The number of hydrogen-bond acceptors (Lipinski definition) is 6. The molecule has 3 aromatic carbocycles. The minimum absolute atomic E-state index is 0.0634. The maximum Gasteiger partial charge on any atom is 0.252 e.